The van der Waals surface area contributed by atoms with Crippen LogP contribution in [0.5, 0.6) is 0 Å². The smallest absolute Gasteiger partial charge is 0.251 e. The van der Waals surface area contributed by atoms with Gasteiger partial charge in [0.15, 0.2) is 0 Å². The summed E-state index contributed by atoms with van der Waals surface area (Å²) >= 11 is 0. The zero-order valence-corrected chi connectivity index (χ0v) is 10.5. The largest absolute Gasteiger partial charge is 0.352 e. The predicted molar refractivity (Wildman–Crippen MR) is 71.0 cm³/mol. The van der Waals surface area contributed by atoms with E-state index in [2.05, 4.69) is 5.32 Å². The van der Waals surface area contributed by atoms with Gasteiger partial charge in [0.25, 0.3) is 5.91 Å². The molecule has 0 aromatic heterocycles. The van der Waals surface area contributed by atoms with Crippen LogP contribution >= 0.6 is 0 Å². The molecule has 0 spiro atoms. The third-order valence-electron chi connectivity index (χ3n) is 2.81. The van der Waals surface area contributed by atoms with Gasteiger partial charge in [0.1, 0.15) is 0 Å². The average molecular weight is 234 g/mol. The summed E-state index contributed by atoms with van der Waals surface area (Å²) in [6.07, 6.45) is 4.38. The van der Waals surface area contributed by atoms with Crippen molar-refractivity contribution >= 4 is 5.91 Å². The van der Waals surface area contributed by atoms with E-state index in [0.717, 1.165) is 49.9 Å². The second-order valence-electron chi connectivity index (χ2n) is 4.27. The van der Waals surface area contributed by atoms with Crippen LogP contribution in [0.3, 0.4) is 0 Å². The average Bonchev–Trinajstić information content (AvgIpc) is 2.34. The van der Waals surface area contributed by atoms with Crippen molar-refractivity contribution in [2.75, 3.05) is 13.1 Å². The van der Waals surface area contributed by atoms with Crippen LogP contribution in [0.2, 0.25) is 0 Å². The third-order valence-corrected chi connectivity index (χ3v) is 2.81. The quantitative estimate of drug-likeness (QED) is 0.711. The summed E-state index contributed by atoms with van der Waals surface area (Å²) in [7, 11) is 0. The molecule has 1 amide bonds. The van der Waals surface area contributed by atoms with Gasteiger partial charge in [-0.15, -0.1) is 0 Å². The number of amides is 1. The number of nitrogens with two attached hydrogens (primary N) is 1. The number of carbonyl (C=O) groups excluding carboxylic acids is 1. The zero-order chi connectivity index (χ0) is 12.5. The number of benzene rings is 1. The van der Waals surface area contributed by atoms with Gasteiger partial charge in [-0.05, 0) is 37.9 Å². The fourth-order valence-electron chi connectivity index (χ4n) is 1.75. The molecule has 0 heterocycles. The molecule has 0 aliphatic heterocycles. The summed E-state index contributed by atoms with van der Waals surface area (Å²) in [4.78, 5) is 11.8. The van der Waals surface area contributed by atoms with Crippen LogP contribution in [0.25, 0.3) is 0 Å². The summed E-state index contributed by atoms with van der Waals surface area (Å²) < 4.78 is 0. The van der Waals surface area contributed by atoms with Gasteiger partial charge in [0, 0.05) is 12.1 Å². The van der Waals surface area contributed by atoms with Gasteiger partial charge in [-0.3, -0.25) is 4.79 Å². The fraction of sp³-hybridized carbons (Fsp3) is 0.500. The molecule has 17 heavy (non-hydrogen) atoms. The molecule has 0 bridgehead atoms. The third kappa shape index (κ3) is 5.00. The Morgan fingerprint density at radius 1 is 1.18 bits per heavy atom. The maximum absolute atomic E-state index is 11.8. The minimum Gasteiger partial charge on any atom is -0.352 e. The molecule has 1 aromatic carbocycles. The van der Waals surface area contributed by atoms with E-state index in [9.17, 15) is 4.79 Å². The van der Waals surface area contributed by atoms with E-state index in [0.29, 0.717) is 0 Å². The Morgan fingerprint density at radius 2 is 1.88 bits per heavy atom. The number of nitrogens with one attached hydrogen (secondary N) is 1. The normalized spacial score (nSPS) is 10.2. The zero-order valence-electron chi connectivity index (χ0n) is 10.5. The molecule has 0 atom stereocenters. The molecular weight excluding hydrogens is 212 g/mol. The van der Waals surface area contributed by atoms with E-state index >= 15 is 0 Å². The first-order valence-corrected chi connectivity index (χ1v) is 6.29. The van der Waals surface area contributed by atoms with Gasteiger partial charge in [-0.1, -0.05) is 31.0 Å². The van der Waals surface area contributed by atoms with E-state index in [1.165, 1.54) is 0 Å². The lowest BCUT2D eigenvalue weighted by Gasteiger charge is -2.07. The Bertz CT molecular complexity index is 350. The van der Waals surface area contributed by atoms with Gasteiger partial charge in [-0.2, -0.15) is 0 Å². The Balaban J connectivity index is 2.24. The molecule has 0 aliphatic carbocycles. The second kappa shape index (κ2) is 7.85. The van der Waals surface area contributed by atoms with Crippen LogP contribution < -0.4 is 11.1 Å². The number of unbranched alkanes of at least 4 members (excludes halogenated alkanes) is 3. The van der Waals surface area contributed by atoms with Crippen molar-refractivity contribution < 1.29 is 4.79 Å². The first kappa shape index (κ1) is 13.7. The molecule has 0 radical (unpaired) electrons. The Kier molecular flexibility index (Phi) is 6.33. The molecule has 1 rings (SSSR count). The van der Waals surface area contributed by atoms with E-state index in [1.54, 1.807) is 0 Å². The maximum Gasteiger partial charge on any atom is 0.251 e. The minimum atomic E-state index is 0.0296. The van der Waals surface area contributed by atoms with Gasteiger partial charge >= 0.3 is 0 Å². The van der Waals surface area contributed by atoms with Crippen LogP contribution in [0.4, 0.5) is 0 Å². The second-order valence-corrected chi connectivity index (χ2v) is 4.27. The molecule has 1 aromatic rings. The number of hydrogen-bond acceptors (Lipinski definition) is 2. The summed E-state index contributed by atoms with van der Waals surface area (Å²) in [6, 6.07) is 7.65. The van der Waals surface area contributed by atoms with Crippen molar-refractivity contribution in [3.63, 3.8) is 0 Å². The summed E-state index contributed by atoms with van der Waals surface area (Å²) in [6.45, 7) is 3.46. The molecule has 3 nitrogen and oxygen atoms in total. The highest BCUT2D eigenvalue weighted by atomic mass is 16.1. The highest BCUT2D eigenvalue weighted by molar-refractivity contribution is 5.95. The number of aryl methyl sites for hydroxylation is 1. The van der Waals surface area contributed by atoms with Crippen molar-refractivity contribution in [3.05, 3.63) is 35.4 Å². The van der Waals surface area contributed by atoms with Gasteiger partial charge in [0.05, 0.1) is 0 Å². The summed E-state index contributed by atoms with van der Waals surface area (Å²) in [5.74, 6) is 0.0296. The fourth-order valence-corrected chi connectivity index (χ4v) is 1.75. The molecular formula is C14H22N2O. The molecule has 0 fully saturated rings. The molecule has 3 heteroatoms. The monoisotopic (exact) mass is 234 g/mol. The Hall–Kier alpha value is -1.35. The predicted octanol–water partition coefficient (Wildman–Crippen LogP) is 2.24. The number of rotatable bonds is 7. The van der Waals surface area contributed by atoms with Crippen molar-refractivity contribution in [1.29, 1.82) is 0 Å². The number of carbonyl (C=O) groups is 1. The van der Waals surface area contributed by atoms with Crippen molar-refractivity contribution in [3.8, 4) is 0 Å². The van der Waals surface area contributed by atoms with E-state index < -0.39 is 0 Å². The molecule has 0 aliphatic rings. The standard InChI is InChI=1S/C14H22N2O/c1-12-8-4-5-9-13(12)14(17)16-11-7-3-2-6-10-15/h4-5,8-9H,2-3,6-7,10-11,15H2,1H3,(H,16,17). The van der Waals surface area contributed by atoms with Crippen LogP contribution in [0.1, 0.15) is 41.6 Å². The van der Waals surface area contributed by atoms with Crippen molar-refractivity contribution in [2.24, 2.45) is 5.73 Å². The Morgan fingerprint density at radius 3 is 2.59 bits per heavy atom. The lowest BCUT2D eigenvalue weighted by molar-refractivity contribution is 0.0952. The minimum absolute atomic E-state index is 0.0296. The van der Waals surface area contributed by atoms with Gasteiger partial charge in [-0.25, -0.2) is 0 Å². The van der Waals surface area contributed by atoms with Crippen LogP contribution in [0, 0.1) is 6.92 Å². The first-order valence-electron chi connectivity index (χ1n) is 6.29. The highest BCUT2D eigenvalue weighted by Crippen LogP contribution is 2.06. The maximum atomic E-state index is 11.8. The highest BCUT2D eigenvalue weighted by Gasteiger charge is 2.06. The number of hydrogen-bond donors (Lipinski definition) is 2. The Labute approximate surface area is 103 Å². The first-order chi connectivity index (χ1) is 8.25. The lowest BCUT2D eigenvalue weighted by Crippen LogP contribution is -2.25. The molecule has 0 unspecified atom stereocenters. The van der Waals surface area contributed by atoms with Crippen LogP contribution in [-0.4, -0.2) is 19.0 Å². The molecule has 0 saturated heterocycles. The van der Waals surface area contributed by atoms with Crippen LogP contribution in [-0.2, 0) is 0 Å². The topological polar surface area (TPSA) is 55.1 Å². The molecule has 0 saturated carbocycles. The SMILES string of the molecule is Cc1ccccc1C(=O)NCCCCCCN. The van der Waals surface area contributed by atoms with Gasteiger partial charge < -0.3 is 11.1 Å². The van der Waals surface area contributed by atoms with E-state index in [1.807, 2.05) is 31.2 Å². The lowest BCUT2D eigenvalue weighted by atomic mass is 10.1. The van der Waals surface area contributed by atoms with Crippen LogP contribution in [0.15, 0.2) is 24.3 Å². The van der Waals surface area contributed by atoms with E-state index in [4.69, 9.17) is 5.73 Å². The summed E-state index contributed by atoms with van der Waals surface area (Å²) in [5, 5.41) is 2.95. The molecule has 3 N–H and O–H groups in total. The van der Waals surface area contributed by atoms with Crippen molar-refractivity contribution in [2.45, 2.75) is 32.6 Å². The van der Waals surface area contributed by atoms with Crippen molar-refractivity contribution in [1.82, 2.24) is 5.32 Å². The summed E-state index contributed by atoms with van der Waals surface area (Å²) in [5.41, 5.74) is 7.21. The van der Waals surface area contributed by atoms with Gasteiger partial charge in [0.2, 0.25) is 0 Å². The van der Waals surface area contributed by atoms with E-state index in [-0.39, 0.29) is 5.91 Å². The molecule has 94 valence electrons.